The van der Waals surface area contributed by atoms with Crippen molar-refractivity contribution in [2.45, 2.75) is 18.4 Å². The average Bonchev–Trinajstić information content (AvgIpc) is 3.56. The fourth-order valence-electron chi connectivity index (χ4n) is 4.41. The summed E-state index contributed by atoms with van der Waals surface area (Å²) in [5, 5.41) is 15.5. The van der Waals surface area contributed by atoms with Crippen molar-refractivity contribution in [3.05, 3.63) is 92.8 Å². The Morgan fingerprint density at radius 2 is 1.82 bits per heavy atom. The number of amides is 1. The average molecular weight is 483 g/mol. The molecule has 1 aliphatic rings. The first-order chi connectivity index (χ1) is 16.4. The summed E-state index contributed by atoms with van der Waals surface area (Å²) in [5.74, 6) is -0.391. The molecule has 2 atom stereocenters. The number of nitriles is 1. The van der Waals surface area contributed by atoms with E-state index in [1.54, 1.807) is 35.8 Å². The van der Waals surface area contributed by atoms with Gasteiger partial charge in [-0.2, -0.15) is 16.6 Å². The van der Waals surface area contributed by atoms with Crippen molar-refractivity contribution >= 4 is 34.5 Å². The van der Waals surface area contributed by atoms with Crippen LogP contribution in [0.5, 0.6) is 0 Å². The van der Waals surface area contributed by atoms with Crippen LogP contribution in [0.15, 0.2) is 81.8 Å². The van der Waals surface area contributed by atoms with Crippen LogP contribution >= 0.6 is 22.7 Å². The van der Waals surface area contributed by atoms with Crippen molar-refractivity contribution < 1.29 is 4.79 Å². The van der Waals surface area contributed by atoms with E-state index in [-0.39, 0.29) is 11.9 Å². The number of hydrogen-bond acceptors (Lipinski definition) is 6. The van der Waals surface area contributed by atoms with Crippen LogP contribution in [0.25, 0.3) is 22.3 Å². The summed E-state index contributed by atoms with van der Waals surface area (Å²) in [6.45, 7) is 1.98. The van der Waals surface area contributed by atoms with Gasteiger partial charge in [0.25, 0.3) is 0 Å². The molecule has 0 fully saturated rings. The van der Waals surface area contributed by atoms with Crippen molar-refractivity contribution in [2.75, 3.05) is 7.05 Å². The largest absolute Gasteiger partial charge is 0.369 e. The first-order valence-electron chi connectivity index (χ1n) is 10.8. The van der Waals surface area contributed by atoms with Crippen molar-refractivity contribution in [1.82, 2.24) is 4.90 Å². The standard InChI is InChI=1S/C27H22N4OS2/c1-27(23-13-22(16-34-23)20-5-3-4-17(12-20)14-28)24(25(32)31(2)26(29)30-27)19-8-6-18(7-9-19)21-10-11-33-15-21/h3-13,15-16,24H,1-2H3,(H2,29,30)/t24?,27-/m1/s1. The summed E-state index contributed by atoms with van der Waals surface area (Å²) in [6.07, 6.45) is 0. The van der Waals surface area contributed by atoms with Crippen LogP contribution in [-0.4, -0.2) is 23.8 Å². The van der Waals surface area contributed by atoms with Gasteiger partial charge in [-0.3, -0.25) is 9.69 Å². The van der Waals surface area contributed by atoms with Crippen LogP contribution in [0.1, 0.15) is 28.8 Å². The minimum atomic E-state index is -0.854. The van der Waals surface area contributed by atoms with Crippen LogP contribution in [0, 0.1) is 11.3 Å². The molecular formula is C27H22N4OS2. The Kier molecular flexibility index (Phi) is 5.56. The summed E-state index contributed by atoms with van der Waals surface area (Å²) >= 11 is 3.21. The van der Waals surface area contributed by atoms with Gasteiger partial charge in [-0.15, -0.1) is 11.3 Å². The number of likely N-dealkylation sites (N-methyl/N-ethyl adjacent to an activating group) is 1. The third-order valence-electron chi connectivity index (χ3n) is 6.35. The molecule has 2 aromatic carbocycles. The van der Waals surface area contributed by atoms with E-state index in [0.29, 0.717) is 5.56 Å². The van der Waals surface area contributed by atoms with Crippen molar-refractivity contribution in [1.29, 1.82) is 5.26 Å². The Balaban J connectivity index is 1.58. The number of benzene rings is 2. The van der Waals surface area contributed by atoms with E-state index in [9.17, 15) is 10.1 Å². The Morgan fingerprint density at radius 3 is 2.53 bits per heavy atom. The summed E-state index contributed by atoms with van der Waals surface area (Å²) in [6, 6.07) is 22.0. The summed E-state index contributed by atoms with van der Waals surface area (Å²) in [5.41, 5.74) is 11.1. The molecular weight excluding hydrogens is 460 g/mol. The molecule has 1 unspecified atom stereocenters. The van der Waals surface area contributed by atoms with E-state index >= 15 is 0 Å². The van der Waals surface area contributed by atoms with Gasteiger partial charge in [0.1, 0.15) is 5.54 Å². The van der Waals surface area contributed by atoms with Gasteiger partial charge in [0, 0.05) is 11.9 Å². The molecule has 168 valence electrons. The van der Waals surface area contributed by atoms with Crippen molar-refractivity contribution in [3.63, 3.8) is 0 Å². The second-order valence-electron chi connectivity index (χ2n) is 8.47. The van der Waals surface area contributed by atoms with Crippen molar-refractivity contribution in [3.8, 4) is 28.3 Å². The van der Waals surface area contributed by atoms with Gasteiger partial charge in [0.15, 0.2) is 5.96 Å². The number of thiophene rings is 2. The zero-order chi connectivity index (χ0) is 23.9. The maximum atomic E-state index is 13.5. The highest BCUT2D eigenvalue weighted by Crippen LogP contribution is 2.47. The van der Waals surface area contributed by atoms with Crippen LogP contribution in [-0.2, 0) is 10.3 Å². The number of guanidine groups is 1. The summed E-state index contributed by atoms with van der Waals surface area (Å²) in [7, 11) is 1.67. The predicted octanol–water partition coefficient (Wildman–Crippen LogP) is 5.80. The quantitative estimate of drug-likeness (QED) is 0.399. The number of carbonyl (C=O) groups excluding carboxylic acids is 1. The second kappa shape index (κ2) is 8.56. The molecule has 2 N–H and O–H groups in total. The lowest BCUT2D eigenvalue weighted by molar-refractivity contribution is -0.130. The Hall–Kier alpha value is -3.73. The second-order valence-corrected chi connectivity index (χ2v) is 10.2. The monoisotopic (exact) mass is 482 g/mol. The van der Waals surface area contributed by atoms with Gasteiger partial charge in [0.2, 0.25) is 5.91 Å². The van der Waals surface area contributed by atoms with Gasteiger partial charge >= 0.3 is 0 Å². The highest BCUT2D eigenvalue weighted by atomic mass is 32.1. The van der Waals surface area contributed by atoms with E-state index in [2.05, 4.69) is 41.1 Å². The van der Waals surface area contributed by atoms with E-state index in [1.807, 2.05) is 42.6 Å². The van der Waals surface area contributed by atoms with Gasteiger partial charge < -0.3 is 5.73 Å². The number of nitrogens with two attached hydrogens (primary N) is 1. The lowest BCUT2D eigenvalue weighted by Crippen LogP contribution is -2.52. The molecule has 2 aromatic heterocycles. The molecule has 0 spiro atoms. The predicted molar refractivity (Wildman–Crippen MR) is 139 cm³/mol. The number of hydrogen-bond donors (Lipinski definition) is 1. The topological polar surface area (TPSA) is 82.5 Å². The molecule has 34 heavy (non-hydrogen) atoms. The van der Waals surface area contributed by atoms with E-state index in [1.165, 1.54) is 4.90 Å². The number of carbonyl (C=O) groups is 1. The fraction of sp³-hybridized carbons (Fsp3) is 0.148. The highest BCUT2D eigenvalue weighted by molar-refractivity contribution is 7.10. The molecule has 0 bridgehead atoms. The highest BCUT2D eigenvalue weighted by Gasteiger charge is 2.48. The molecule has 0 saturated heterocycles. The molecule has 0 aliphatic carbocycles. The van der Waals surface area contributed by atoms with Crippen LogP contribution < -0.4 is 5.73 Å². The maximum Gasteiger partial charge on any atom is 0.239 e. The van der Waals surface area contributed by atoms with E-state index < -0.39 is 11.5 Å². The molecule has 7 heteroatoms. The van der Waals surface area contributed by atoms with Crippen LogP contribution in [0.3, 0.4) is 0 Å². The number of aliphatic imine (C=N–C) groups is 1. The Labute approximate surface area is 206 Å². The van der Waals surface area contributed by atoms with Crippen LogP contribution in [0.4, 0.5) is 0 Å². The normalized spacial score (nSPS) is 20.1. The lowest BCUT2D eigenvalue weighted by atomic mass is 9.77. The Morgan fingerprint density at radius 1 is 1.03 bits per heavy atom. The van der Waals surface area contributed by atoms with Crippen molar-refractivity contribution in [2.24, 2.45) is 10.7 Å². The minimum Gasteiger partial charge on any atom is -0.369 e. The first kappa shape index (κ1) is 22.1. The van der Waals surface area contributed by atoms with E-state index in [0.717, 1.165) is 32.7 Å². The smallest absolute Gasteiger partial charge is 0.239 e. The zero-order valence-electron chi connectivity index (χ0n) is 18.7. The minimum absolute atomic E-state index is 0.0836. The molecule has 4 aromatic rings. The van der Waals surface area contributed by atoms with Gasteiger partial charge in [-0.25, -0.2) is 4.99 Å². The number of rotatable bonds is 4. The number of nitrogens with zero attached hydrogens (tertiary/aromatic N) is 3. The molecule has 1 aliphatic heterocycles. The Bertz CT molecular complexity index is 1430. The van der Waals surface area contributed by atoms with E-state index in [4.69, 9.17) is 10.7 Å². The molecule has 1 amide bonds. The lowest BCUT2D eigenvalue weighted by Gasteiger charge is -2.40. The molecule has 5 nitrogen and oxygen atoms in total. The van der Waals surface area contributed by atoms with Gasteiger partial charge in [-0.05, 0) is 75.1 Å². The summed E-state index contributed by atoms with van der Waals surface area (Å²) in [4.78, 5) is 20.8. The first-order valence-corrected chi connectivity index (χ1v) is 12.6. The fourth-order valence-corrected chi connectivity index (χ4v) is 6.13. The molecule has 3 heterocycles. The molecule has 5 rings (SSSR count). The SMILES string of the molecule is CN1C(=O)C(c2ccc(-c3ccsc3)cc2)[C@@](C)(c2cc(-c3cccc(C#N)c3)cs2)N=C1N. The van der Waals surface area contributed by atoms with Crippen LogP contribution in [0.2, 0.25) is 0 Å². The molecule has 0 saturated carbocycles. The third kappa shape index (κ3) is 3.71. The zero-order valence-corrected chi connectivity index (χ0v) is 20.4. The molecule has 0 radical (unpaired) electrons. The third-order valence-corrected chi connectivity index (χ3v) is 8.19. The van der Waals surface area contributed by atoms with Gasteiger partial charge in [-0.1, -0.05) is 36.4 Å². The maximum absolute atomic E-state index is 13.5. The van der Waals surface area contributed by atoms with Gasteiger partial charge in [0.05, 0.1) is 17.6 Å². The summed E-state index contributed by atoms with van der Waals surface area (Å²) < 4.78 is 0.